The first-order valence-corrected chi connectivity index (χ1v) is 7.71. The molecule has 0 heterocycles. The van der Waals surface area contributed by atoms with Gasteiger partial charge < -0.3 is 19.5 Å². The normalized spacial score (nSPS) is 11.0. The van der Waals surface area contributed by atoms with E-state index in [-0.39, 0.29) is 11.7 Å². The largest absolute Gasteiger partial charge is 0.493 e. The summed E-state index contributed by atoms with van der Waals surface area (Å²) in [6.45, 7) is 3.47. The molecule has 0 unspecified atom stereocenters. The Hall–Kier alpha value is -2.76. The summed E-state index contributed by atoms with van der Waals surface area (Å²) in [6, 6.07) is 9.44. The molecule has 0 saturated heterocycles. The molecule has 0 bridgehead atoms. The lowest BCUT2D eigenvalue weighted by Crippen LogP contribution is -2.41. The quantitative estimate of drug-likeness (QED) is 0.869. The van der Waals surface area contributed by atoms with E-state index in [4.69, 9.17) is 14.2 Å². The van der Waals surface area contributed by atoms with Crippen LogP contribution in [-0.4, -0.2) is 27.2 Å². The predicted molar refractivity (Wildman–Crippen MR) is 93.0 cm³/mol. The maximum Gasteiger partial charge on any atom is 0.252 e. The van der Waals surface area contributed by atoms with Gasteiger partial charge in [0.2, 0.25) is 5.75 Å². The topological polar surface area (TPSA) is 56.8 Å². The number of nitrogens with one attached hydrogen (secondary N) is 1. The highest BCUT2D eigenvalue weighted by molar-refractivity contribution is 5.96. The molecule has 0 aliphatic rings. The van der Waals surface area contributed by atoms with Crippen LogP contribution in [0.1, 0.15) is 29.8 Å². The van der Waals surface area contributed by atoms with Gasteiger partial charge in [-0.15, -0.1) is 0 Å². The van der Waals surface area contributed by atoms with Crippen molar-refractivity contribution in [2.24, 2.45) is 0 Å². The zero-order valence-corrected chi connectivity index (χ0v) is 15.0. The van der Waals surface area contributed by atoms with Gasteiger partial charge in [-0.25, -0.2) is 4.39 Å². The highest BCUT2D eigenvalue weighted by Crippen LogP contribution is 2.38. The van der Waals surface area contributed by atoms with Gasteiger partial charge in [-0.05, 0) is 32.0 Å². The Bertz CT molecular complexity index is 749. The number of halogens is 1. The summed E-state index contributed by atoms with van der Waals surface area (Å²) in [7, 11) is 4.44. The molecule has 2 aromatic rings. The lowest BCUT2D eigenvalue weighted by atomic mass is 9.93. The van der Waals surface area contributed by atoms with Crippen LogP contribution in [0.3, 0.4) is 0 Å². The average Bonchev–Trinajstić information content (AvgIpc) is 2.60. The number of hydrogen-bond donors (Lipinski definition) is 1. The fraction of sp³-hybridized carbons (Fsp3) is 0.316. The van der Waals surface area contributed by atoms with Gasteiger partial charge in [0.1, 0.15) is 5.82 Å². The Balaban J connectivity index is 2.36. The highest BCUT2D eigenvalue weighted by Gasteiger charge is 2.27. The molecule has 0 aliphatic carbocycles. The predicted octanol–water partition coefficient (Wildman–Crippen LogP) is 3.52. The number of ether oxygens (including phenoxy) is 3. The van der Waals surface area contributed by atoms with Gasteiger partial charge in [-0.3, -0.25) is 4.79 Å². The van der Waals surface area contributed by atoms with E-state index in [0.717, 1.165) is 0 Å². The Morgan fingerprint density at radius 3 is 2.04 bits per heavy atom. The Morgan fingerprint density at radius 1 is 1.00 bits per heavy atom. The van der Waals surface area contributed by atoms with Gasteiger partial charge in [0.05, 0.1) is 26.9 Å². The van der Waals surface area contributed by atoms with E-state index >= 15 is 0 Å². The van der Waals surface area contributed by atoms with Crippen molar-refractivity contribution in [3.8, 4) is 17.2 Å². The van der Waals surface area contributed by atoms with E-state index in [1.165, 1.54) is 27.4 Å². The first-order chi connectivity index (χ1) is 11.8. The van der Waals surface area contributed by atoms with Crippen molar-refractivity contribution < 1.29 is 23.4 Å². The Labute approximate surface area is 146 Å². The van der Waals surface area contributed by atoms with Gasteiger partial charge in [0.15, 0.2) is 11.5 Å². The summed E-state index contributed by atoms with van der Waals surface area (Å²) < 4.78 is 29.8. The summed E-state index contributed by atoms with van der Waals surface area (Å²) in [5, 5.41) is 2.84. The van der Waals surface area contributed by atoms with Crippen molar-refractivity contribution in [3.05, 3.63) is 53.3 Å². The summed E-state index contributed by atoms with van der Waals surface area (Å²) >= 11 is 0. The van der Waals surface area contributed by atoms with E-state index in [9.17, 15) is 9.18 Å². The van der Waals surface area contributed by atoms with Crippen molar-refractivity contribution in [2.75, 3.05) is 21.3 Å². The van der Waals surface area contributed by atoms with E-state index in [0.29, 0.717) is 28.4 Å². The van der Waals surface area contributed by atoms with Crippen molar-refractivity contribution in [3.63, 3.8) is 0 Å². The highest BCUT2D eigenvalue weighted by atomic mass is 19.1. The SMILES string of the molecule is COc1cc(C(=O)NC(C)(C)c2ccccc2F)cc(OC)c1OC. The molecule has 0 spiro atoms. The molecule has 5 nitrogen and oxygen atoms in total. The van der Waals surface area contributed by atoms with Gasteiger partial charge in [0, 0.05) is 11.1 Å². The number of rotatable bonds is 6. The smallest absolute Gasteiger partial charge is 0.252 e. The minimum Gasteiger partial charge on any atom is -0.493 e. The molecule has 0 fully saturated rings. The maximum absolute atomic E-state index is 14.1. The molecule has 0 aromatic heterocycles. The van der Waals surface area contributed by atoms with E-state index in [1.807, 2.05) is 0 Å². The lowest BCUT2D eigenvalue weighted by molar-refractivity contribution is 0.0910. The molecule has 1 N–H and O–H groups in total. The Kier molecular flexibility index (Phi) is 5.51. The molecule has 6 heteroatoms. The number of methoxy groups -OCH3 is 3. The van der Waals surface area contributed by atoms with Crippen LogP contribution in [0.4, 0.5) is 4.39 Å². The first-order valence-electron chi connectivity index (χ1n) is 7.71. The van der Waals surface area contributed by atoms with Gasteiger partial charge in [-0.2, -0.15) is 0 Å². The third kappa shape index (κ3) is 3.84. The van der Waals surface area contributed by atoms with Gasteiger partial charge in [0.25, 0.3) is 5.91 Å². The van der Waals surface area contributed by atoms with Crippen LogP contribution in [0.15, 0.2) is 36.4 Å². The Morgan fingerprint density at radius 2 is 1.56 bits per heavy atom. The summed E-state index contributed by atoms with van der Waals surface area (Å²) in [6.07, 6.45) is 0. The van der Waals surface area contributed by atoms with Crippen molar-refractivity contribution in [2.45, 2.75) is 19.4 Å². The third-order valence-corrected chi connectivity index (χ3v) is 3.90. The number of carbonyl (C=O) groups is 1. The van der Waals surface area contributed by atoms with E-state index in [2.05, 4.69) is 5.32 Å². The molecule has 0 atom stereocenters. The van der Waals surface area contributed by atoms with E-state index < -0.39 is 5.54 Å². The van der Waals surface area contributed by atoms with Gasteiger partial charge in [-0.1, -0.05) is 18.2 Å². The summed E-state index contributed by atoms with van der Waals surface area (Å²) in [5.74, 6) is 0.381. The number of benzene rings is 2. The number of hydrogen-bond acceptors (Lipinski definition) is 4. The van der Waals surface area contributed by atoms with Crippen LogP contribution < -0.4 is 19.5 Å². The second-order valence-electron chi connectivity index (χ2n) is 5.97. The van der Waals surface area contributed by atoms with Crippen molar-refractivity contribution in [1.82, 2.24) is 5.32 Å². The lowest BCUT2D eigenvalue weighted by Gasteiger charge is -2.27. The molecule has 2 aromatic carbocycles. The van der Waals surface area contributed by atoms with Crippen LogP contribution in [-0.2, 0) is 5.54 Å². The molecule has 0 radical (unpaired) electrons. The van der Waals surface area contributed by atoms with Crippen LogP contribution in [0.25, 0.3) is 0 Å². The summed E-state index contributed by atoms with van der Waals surface area (Å²) in [5.41, 5.74) is -0.183. The minimum absolute atomic E-state index is 0.318. The zero-order valence-electron chi connectivity index (χ0n) is 15.0. The molecule has 0 saturated carbocycles. The fourth-order valence-electron chi connectivity index (χ4n) is 2.60. The second kappa shape index (κ2) is 7.42. The molecular weight excluding hydrogens is 325 g/mol. The van der Waals surface area contributed by atoms with Crippen LogP contribution >= 0.6 is 0 Å². The molecule has 134 valence electrons. The minimum atomic E-state index is -0.900. The van der Waals surface area contributed by atoms with Gasteiger partial charge >= 0.3 is 0 Å². The maximum atomic E-state index is 14.1. The summed E-state index contributed by atoms with van der Waals surface area (Å²) in [4.78, 5) is 12.7. The second-order valence-corrected chi connectivity index (χ2v) is 5.97. The average molecular weight is 347 g/mol. The third-order valence-electron chi connectivity index (χ3n) is 3.90. The van der Waals surface area contributed by atoms with Crippen LogP contribution in [0, 0.1) is 5.82 Å². The van der Waals surface area contributed by atoms with Crippen LogP contribution in [0.5, 0.6) is 17.2 Å². The monoisotopic (exact) mass is 347 g/mol. The van der Waals surface area contributed by atoms with Crippen molar-refractivity contribution in [1.29, 1.82) is 0 Å². The van der Waals surface area contributed by atoms with Crippen LogP contribution in [0.2, 0.25) is 0 Å². The van der Waals surface area contributed by atoms with Crippen molar-refractivity contribution >= 4 is 5.91 Å². The molecule has 2 rings (SSSR count). The molecular formula is C19H22FNO4. The van der Waals surface area contributed by atoms with E-state index in [1.54, 1.807) is 44.2 Å². The standard InChI is InChI=1S/C19H22FNO4/c1-19(2,13-8-6-7-9-14(13)20)21-18(22)12-10-15(23-3)17(25-5)16(11-12)24-4/h6-11H,1-5H3,(H,21,22). The zero-order chi connectivity index (χ0) is 18.6. The molecule has 25 heavy (non-hydrogen) atoms. The number of carbonyl (C=O) groups excluding carboxylic acids is 1. The number of amides is 1. The first kappa shape index (κ1) is 18.6. The fourth-order valence-corrected chi connectivity index (χ4v) is 2.60. The molecule has 1 amide bonds. The molecule has 0 aliphatic heterocycles.